The van der Waals surface area contributed by atoms with Crippen molar-refractivity contribution < 1.29 is 28.5 Å². The molecule has 128 valence electrons. The summed E-state index contributed by atoms with van der Waals surface area (Å²) in [5.74, 6) is 1.53. The van der Waals surface area contributed by atoms with Gasteiger partial charge in [0.1, 0.15) is 5.75 Å². The van der Waals surface area contributed by atoms with Crippen LogP contribution in [0.3, 0.4) is 0 Å². The maximum atomic E-state index is 12.2. The molecule has 0 unspecified atom stereocenters. The lowest BCUT2D eigenvalue weighted by atomic mass is 9.97. The van der Waals surface area contributed by atoms with Crippen LogP contribution in [0.25, 0.3) is 11.1 Å². The number of carbonyl (C=O) groups is 1. The second-order valence-corrected chi connectivity index (χ2v) is 4.78. The Bertz CT molecular complexity index is 739. The van der Waals surface area contributed by atoms with Gasteiger partial charge in [0, 0.05) is 11.1 Å². The second-order valence-electron chi connectivity index (χ2n) is 4.78. The first kappa shape index (κ1) is 17.5. The van der Waals surface area contributed by atoms with Gasteiger partial charge >= 0.3 is 5.97 Å². The normalized spacial score (nSPS) is 10.0. The first-order valence-electron chi connectivity index (χ1n) is 7.16. The lowest BCUT2D eigenvalue weighted by molar-refractivity contribution is 0.0601. The van der Waals surface area contributed by atoms with Gasteiger partial charge in [-0.1, -0.05) is 0 Å². The molecule has 0 aliphatic rings. The molecule has 2 rings (SSSR count). The highest BCUT2D eigenvalue weighted by atomic mass is 16.5. The van der Waals surface area contributed by atoms with E-state index < -0.39 is 5.97 Å². The van der Waals surface area contributed by atoms with E-state index in [1.54, 1.807) is 37.4 Å². The summed E-state index contributed by atoms with van der Waals surface area (Å²) in [5.41, 5.74) is 1.68. The van der Waals surface area contributed by atoms with Crippen molar-refractivity contribution in [2.75, 3.05) is 35.5 Å². The molecule has 0 bridgehead atoms. The van der Waals surface area contributed by atoms with Crippen LogP contribution < -0.4 is 18.9 Å². The molecule has 0 radical (unpaired) electrons. The van der Waals surface area contributed by atoms with Gasteiger partial charge in [-0.05, 0) is 30.3 Å². The molecule has 0 aliphatic heterocycles. The Kier molecular flexibility index (Phi) is 5.52. The Labute approximate surface area is 140 Å². The molecular formula is C18H20O6. The maximum Gasteiger partial charge on any atom is 0.338 e. The highest BCUT2D eigenvalue weighted by molar-refractivity contribution is 5.99. The van der Waals surface area contributed by atoms with Crippen molar-refractivity contribution in [3.05, 3.63) is 35.9 Å². The molecule has 0 heterocycles. The third-order valence-corrected chi connectivity index (χ3v) is 3.63. The zero-order valence-corrected chi connectivity index (χ0v) is 14.3. The van der Waals surface area contributed by atoms with Gasteiger partial charge in [0.2, 0.25) is 5.75 Å². The Morgan fingerprint density at radius 3 is 1.96 bits per heavy atom. The summed E-state index contributed by atoms with van der Waals surface area (Å²) in [7, 11) is 7.47. The first-order chi connectivity index (χ1) is 11.6. The Morgan fingerprint density at radius 2 is 1.42 bits per heavy atom. The van der Waals surface area contributed by atoms with Crippen LogP contribution in [0.1, 0.15) is 10.4 Å². The number of ether oxygens (including phenoxy) is 5. The summed E-state index contributed by atoms with van der Waals surface area (Å²) in [5, 5.41) is 0. The molecular weight excluding hydrogens is 312 g/mol. The Balaban J connectivity index is 2.74. The van der Waals surface area contributed by atoms with Crippen LogP contribution in [0, 0.1) is 0 Å². The molecule has 0 spiro atoms. The van der Waals surface area contributed by atoms with Gasteiger partial charge < -0.3 is 23.7 Å². The van der Waals surface area contributed by atoms with E-state index >= 15 is 0 Å². The predicted octanol–water partition coefficient (Wildman–Crippen LogP) is 3.17. The Morgan fingerprint density at radius 1 is 0.750 bits per heavy atom. The first-order valence-corrected chi connectivity index (χ1v) is 7.16. The molecule has 0 aliphatic carbocycles. The molecule has 6 nitrogen and oxygen atoms in total. The monoisotopic (exact) mass is 332 g/mol. The quantitative estimate of drug-likeness (QED) is 0.757. The summed E-state index contributed by atoms with van der Waals surface area (Å²) < 4.78 is 26.3. The summed E-state index contributed by atoms with van der Waals surface area (Å²) in [6.45, 7) is 0. The zero-order valence-electron chi connectivity index (χ0n) is 14.3. The van der Waals surface area contributed by atoms with Crippen LogP contribution in [-0.2, 0) is 4.74 Å². The van der Waals surface area contributed by atoms with Gasteiger partial charge in [0.15, 0.2) is 11.5 Å². The van der Waals surface area contributed by atoms with Gasteiger partial charge in [0.05, 0.1) is 41.1 Å². The molecule has 0 saturated carbocycles. The fraction of sp³-hybridized carbons (Fsp3) is 0.278. The lowest BCUT2D eigenvalue weighted by Crippen LogP contribution is -2.05. The molecule has 2 aromatic rings. The van der Waals surface area contributed by atoms with E-state index in [2.05, 4.69) is 0 Å². The third-order valence-electron chi connectivity index (χ3n) is 3.63. The number of esters is 1. The van der Waals surface area contributed by atoms with E-state index in [0.29, 0.717) is 39.7 Å². The van der Waals surface area contributed by atoms with Gasteiger partial charge in [-0.25, -0.2) is 4.79 Å². The smallest absolute Gasteiger partial charge is 0.338 e. The molecule has 24 heavy (non-hydrogen) atoms. The maximum absolute atomic E-state index is 12.2. The molecule has 0 atom stereocenters. The van der Waals surface area contributed by atoms with Crippen molar-refractivity contribution >= 4 is 5.97 Å². The molecule has 6 heteroatoms. The minimum atomic E-state index is -0.472. The Hall–Kier alpha value is -2.89. The SMILES string of the molecule is COC(=O)c1cc(OC)ccc1-c1ccc(OC)c(OC)c1OC. The predicted molar refractivity (Wildman–Crippen MR) is 89.4 cm³/mol. The molecule has 0 aromatic heterocycles. The number of hydrogen-bond acceptors (Lipinski definition) is 6. The van der Waals surface area contributed by atoms with Crippen LogP contribution >= 0.6 is 0 Å². The molecule has 0 saturated heterocycles. The van der Waals surface area contributed by atoms with E-state index in [1.165, 1.54) is 28.4 Å². The average molecular weight is 332 g/mol. The van der Waals surface area contributed by atoms with Gasteiger partial charge in [-0.2, -0.15) is 0 Å². The van der Waals surface area contributed by atoms with E-state index in [9.17, 15) is 4.79 Å². The van der Waals surface area contributed by atoms with Crippen LogP contribution in [-0.4, -0.2) is 41.5 Å². The number of hydrogen-bond donors (Lipinski definition) is 0. The number of carbonyl (C=O) groups excluding carboxylic acids is 1. The largest absolute Gasteiger partial charge is 0.497 e. The number of rotatable bonds is 6. The van der Waals surface area contributed by atoms with Gasteiger partial charge in [-0.3, -0.25) is 0 Å². The van der Waals surface area contributed by atoms with Crippen LogP contribution in [0.2, 0.25) is 0 Å². The van der Waals surface area contributed by atoms with Gasteiger partial charge in [-0.15, -0.1) is 0 Å². The van der Waals surface area contributed by atoms with Crippen molar-refractivity contribution in [1.82, 2.24) is 0 Å². The molecule has 0 fully saturated rings. The van der Waals surface area contributed by atoms with E-state index in [4.69, 9.17) is 23.7 Å². The number of methoxy groups -OCH3 is 5. The topological polar surface area (TPSA) is 63.2 Å². The fourth-order valence-electron chi connectivity index (χ4n) is 2.48. The van der Waals surface area contributed by atoms with E-state index in [-0.39, 0.29) is 0 Å². The van der Waals surface area contributed by atoms with Crippen molar-refractivity contribution in [3.8, 4) is 34.1 Å². The van der Waals surface area contributed by atoms with Crippen LogP contribution in [0.15, 0.2) is 30.3 Å². The van der Waals surface area contributed by atoms with E-state index in [0.717, 1.165) is 0 Å². The van der Waals surface area contributed by atoms with Crippen molar-refractivity contribution in [1.29, 1.82) is 0 Å². The standard InChI is InChI=1S/C18H20O6/c1-20-11-6-7-12(14(10-11)18(19)24-5)13-8-9-15(21-2)17(23-4)16(13)22-3/h6-10H,1-5H3. The molecule has 2 aromatic carbocycles. The van der Waals surface area contributed by atoms with Crippen molar-refractivity contribution in [2.45, 2.75) is 0 Å². The highest BCUT2D eigenvalue weighted by Crippen LogP contribution is 2.45. The zero-order chi connectivity index (χ0) is 17.7. The molecule has 0 amide bonds. The van der Waals surface area contributed by atoms with Gasteiger partial charge in [0.25, 0.3) is 0 Å². The number of benzene rings is 2. The average Bonchev–Trinajstić information content (AvgIpc) is 2.65. The van der Waals surface area contributed by atoms with Crippen LogP contribution in [0.5, 0.6) is 23.0 Å². The minimum Gasteiger partial charge on any atom is -0.497 e. The van der Waals surface area contributed by atoms with E-state index in [1.807, 2.05) is 0 Å². The third kappa shape index (κ3) is 3.08. The summed E-state index contributed by atoms with van der Waals surface area (Å²) in [6, 6.07) is 8.71. The van der Waals surface area contributed by atoms with Crippen LogP contribution in [0.4, 0.5) is 0 Å². The van der Waals surface area contributed by atoms with Crippen molar-refractivity contribution in [3.63, 3.8) is 0 Å². The second kappa shape index (κ2) is 7.59. The summed E-state index contributed by atoms with van der Waals surface area (Å²) in [4.78, 5) is 12.2. The highest BCUT2D eigenvalue weighted by Gasteiger charge is 2.22. The minimum absolute atomic E-state index is 0.363. The summed E-state index contributed by atoms with van der Waals surface area (Å²) >= 11 is 0. The molecule has 0 N–H and O–H groups in total. The fourth-order valence-corrected chi connectivity index (χ4v) is 2.48. The lowest BCUT2D eigenvalue weighted by Gasteiger charge is -2.17. The summed E-state index contributed by atoms with van der Waals surface area (Å²) in [6.07, 6.45) is 0. The van der Waals surface area contributed by atoms with Crippen molar-refractivity contribution in [2.24, 2.45) is 0 Å².